The third-order valence-corrected chi connectivity index (χ3v) is 6.79. The van der Waals surface area contributed by atoms with Crippen LogP contribution in [0.5, 0.6) is 0 Å². The van der Waals surface area contributed by atoms with E-state index >= 15 is 0 Å². The molecule has 1 aromatic heterocycles. The zero-order valence-electron chi connectivity index (χ0n) is 18.0. The Morgan fingerprint density at radius 2 is 1.64 bits per heavy atom. The van der Waals surface area contributed by atoms with E-state index in [0.29, 0.717) is 40.7 Å². The second-order valence-corrected chi connectivity index (χ2v) is 9.59. The molecule has 0 aliphatic rings. The lowest BCUT2D eigenvalue weighted by atomic mass is 10.1. The fraction of sp³-hybridized carbons (Fsp3) is 0.120. The Morgan fingerprint density at radius 1 is 0.970 bits per heavy atom. The number of hydrogen-bond donors (Lipinski definition) is 2. The molecule has 0 aliphatic heterocycles. The van der Waals surface area contributed by atoms with Gasteiger partial charge >= 0.3 is 0 Å². The van der Waals surface area contributed by atoms with Gasteiger partial charge in [0.25, 0.3) is 5.91 Å². The lowest BCUT2D eigenvalue weighted by molar-refractivity contribution is 0.0951. The second kappa shape index (κ2) is 9.30. The standard InChI is InChI=1S/C25H23N3O4S/c1-17-23(16-33(30,31)22-13-11-21(26)12-14-22)28-25(32-17)20-9-7-19(8-10-20)24(29)27-15-18-5-3-2-4-6-18/h2-14H,15-16,26H2,1H3,(H,27,29). The van der Waals surface area contributed by atoms with Gasteiger partial charge in [0.05, 0.1) is 10.6 Å². The van der Waals surface area contributed by atoms with Crippen LogP contribution in [-0.2, 0) is 22.1 Å². The van der Waals surface area contributed by atoms with Gasteiger partial charge in [-0.3, -0.25) is 4.79 Å². The van der Waals surface area contributed by atoms with Crippen molar-refractivity contribution >= 4 is 21.4 Å². The third-order valence-electron chi connectivity index (χ3n) is 5.15. The number of aromatic nitrogens is 1. The highest BCUT2D eigenvalue weighted by Crippen LogP contribution is 2.25. The fourth-order valence-corrected chi connectivity index (χ4v) is 4.61. The van der Waals surface area contributed by atoms with Crippen molar-refractivity contribution in [1.82, 2.24) is 10.3 Å². The summed E-state index contributed by atoms with van der Waals surface area (Å²) in [5.74, 6) is 0.246. The predicted octanol–water partition coefficient (Wildman–Crippen LogP) is 4.14. The first-order valence-electron chi connectivity index (χ1n) is 10.3. The average molecular weight is 462 g/mol. The molecule has 33 heavy (non-hydrogen) atoms. The minimum absolute atomic E-state index is 0.173. The highest BCUT2D eigenvalue weighted by molar-refractivity contribution is 7.90. The number of nitrogens with one attached hydrogen (secondary N) is 1. The number of aryl methyl sites for hydroxylation is 1. The Kier molecular flexibility index (Phi) is 6.28. The molecule has 7 nitrogen and oxygen atoms in total. The SMILES string of the molecule is Cc1oc(-c2ccc(C(=O)NCc3ccccc3)cc2)nc1CS(=O)(=O)c1ccc(N)cc1. The lowest BCUT2D eigenvalue weighted by Gasteiger charge is -2.06. The van der Waals surface area contributed by atoms with Crippen molar-refractivity contribution in [2.45, 2.75) is 24.1 Å². The van der Waals surface area contributed by atoms with Gasteiger partial charge in [0.15, 0.2) is 9.84 Å². The molecule has 0 unspecified atom stereocenters. The Labute approximate surface area is 192 Å². The highest BCUT2D eigenvalue weighted by Gasteiger charge is 2.21. The molecule has 0 atom stereocenters. The minimum atomic E-state index is -3.60. The van der Waals surface area contributed by atoms with Gasteiger partial charge in [-0.2, -0.15) is 0 Å². The van der Waals surface area contributed by atoms with Crippen LogP contribution in [0.15, 0.2) is 88.2 Å². The maximum atomic E-state index is 12.7. The Balaban J connectivity index is 1.46. The van der Waals surface area contributed by atoms with Gasteiger partial charge in [-0.15, -0.1) is 0 Å². The van der Waals surface area contributed by atoms with Crippen LogP contribution in [0.2, 0.25) is 0 Å². The van der Waals surface area contributed by atoms with Crippen LogP contribution in [0.3, 0.4) is 0 Å². The van der Waals surface area contributed by atoms with Crippen LogP contribution in [0, 0.1) is 6.92 Å². The van der Waals surface area contributed by atoms with Crippen molar-refractivity contribution in [1.29, 1.82) is 0 Å². The zero-order chi connectivity index (χ0) is 23.4. The number of benzene rings is 3. The Morgan fingerprint density at radius 3 is 2.30 bits per heavy atom. The van der Waals surface area contributed by atoms with E-state index in [4.69, 9.17) is 10.2 Å². The smallest absolute Gasteiger partial charge is 0.251 e. The number of anilines is 1. The summed E-state index contributed by atoms with van der Waals surface area (Å²) >= 11 is 0. The van der Waals surface area contributed by atoms with Crippen LogP contribution in [0.4, 0.5) is 5.69 Å². The number of nitrogen functional groups attached to an aromatic ring is 1. The molecule has 4 aromatic rings. The maximum Gasteiger partial charge on any atom is 0.251 e. The first-order valence-corrected chi connectivity index (χ1v) is 11.9. The van der Waals surface area contributed by atoms with Gasteiger partial charge in [0.2, 0.25) is 5.89 Å². The molecule has 4 rings (SSSR count). The van der Waals surface area contributed by atoms with E-state index in [1.54, 1.807) is 43.3 Å². The molecule has 0 saturated carbocycles. The Bertz CT molecular complexity index is 1360. The number of nitrogens with two attached hydrogens (primary N) is 1. The van der Waals surface area contributed by atoms with Gasteiger partial charge in [-0.1, -0.05) is 30.3 Å². The molecule has 168 valence electrons. The van der Waals surface area contributed by atoms with Crippen LogP contribution in [0.1, 0.15) is 27.4 Å². The molecule has 0 spiro atoms. The third kappa shape index (κ3) is 5.30. The van der Waals surface area contributed by atoms with E-state index < -0.39 is 9.84 Å². The van der Waals surface area contributed by atoms with Crippen LogP contribution in [-0.4, -0.2) is 19.3 Å². The fourth-order valence-electron chi connectivity index (χ4n) is 3.27. The van der Waals surface area contributed by atoms with Gasteiger partial charge in [-0.05, 0) is 61.0 Å². The second-order valence-electron chi connectivity index (χ2n) is 7.60. The largest absolute Gasteiger partial charge is 0.441 e. The summed E-state index contributed by atoms with van der Waals surface area (Å²) in [5, 5.41) is 2.88. The van der Waals surface area contributed by atoms with Crippen molar-refractivity contribution in [3.63, 3.8) is 0 Å². The van der Waals surface area contributed by atoms with Crippen molar-refractivity contribution in [2.24, 2.45) is 0 Å². The van der Waals surface area contributed by atoms with E-state index in [0.717, 1.165) is 5.56 Å². The van der Waals surface area contributed by atoms with Crippen LogP contribution in [0.25, 0.3) is 11.5 Å². The summed E-state index contributed by atoms with van der Waals surface area (Å²) in [5.41, 5.74) is 8.63. The number of oxazole rings is 1. The number of amides is 1. The number of carbonyl (C=O) groups excluding carboxylic acids is 1. The molecular weight excluding hydrogens is 438 g/mol. The first kappa shape index (κ1) is 22.3. The van der Waals surface area contributed by atoms with E-state index in [1.165, 1.54) is 12.1 Å². The van der Waals surface area contributed by atoms with Crippen molar-refractivity contribution in [3.8, 4) is 11.5 Å². The molecule has 8 heteroatoms. The van der Waals surface area contributed by atoms with Crippen molar-refractivity contribution in [2.75, 3.05) is 5.73 Å². The molecule has 0 fully saturated rings. The summed E-state index contributed by atoms with van der Waals surface area (Å²) in [6.07, 6.45) is 0. The van der Waals surface area contributed by atoms with Crippen LogP contribution < -0.4 is 11.1 Å². The zero-order valence-corrected chi connectivity index (χ0v) is 18.8. The van der Waals surface area contributed by atoms with Crippen molar-refractivity contribution < 1.29 is 17.6 Å². The maximum absolute atomic E-state index is 12.7. The lowest BCUT2D eigenvalue weighted by Crippen LogP contribution is -2.22. The number of sulfone groups is 1. The summed E-state index contributed by atoms with van der Waals surface area (Å²) in [6.45, 7) is 2.11. The molecular formula is C25H23N3O4S. The van der Waals surface area contributed by atoms with Gasteiger partial charge in [0.1, 0.15) is 11.5 Å². The topological polar surface area (TPSA) is 115 Å². The van der Waals surface area contributed by atoms with E-state index in [1.807, 2.05) is 30.3 Å². The number of hydrogen-bond acceptors (Lipinski definition) is 6. The van der Waals surface area contributed by atoms with Gasteiger partial charge < -0.3 is 15.5 Å². The van der Waals surface area contributed by atoms with Gasteiger partial charge in [-0.25, -0.2) is 13.4 Å². The van der Waals surface area contributed by atoms with E-state index in [2.05, 4.69) is 10.3 Å². The summed E-state index contributed by atoms with van der Waals surface area (Å²) in [6, 6.07) is 22.5. The predicted molar refractivity (Wildman–Crippen MR) is 126 cm³/mol. The molecule has 3 aromatic carbocycles. The molecule has 0 bridgehead atoms. The quantitative estimate of drug-likeness (QED) is 0.400. The Hall–Kier alpha value is -3.91. The van der Waals surface area contributed by atoms with Crippen molar-refractivity contribution in [3.05, 3.63) is 101 Å². The summed E-state index contributed by atoms with van der Waals surface area (Å²) in [7, 11) is -3.60. The average Bonchev–Trinajstić information content (AvgIpc) is 3.18. The molecule has 3 N–H and O–H groups in total. The molecule has 0 aliphatic carbocycles. The summed E-state index contributed by atoms with van der Waals surface area (Å²) in [4.78, 5) is 17.0. The molecule has 0 radical (unpaired) electrons. The van der Waals surface area contributed by atoms with E-state index in [-0.39, 0.29) is 16.6 Å². The monoisotopic (exact) mass is 461 g/mol. The molecule has 1 amide bonds. The molecule has 1 heterocycles. The van der Waals surface area contributed by atoms with E-state index in [9.17, 15) is 13.2 Å². The highest BCUT2D eigenvalue weighted by atomic mass is 32.2. The first-order chi connectivity index (χ1) is 15.8. The summed E-state index contributed by atoms with van der Waals surface area (Å²) < 4.78 is 31.2. The number of rotatable bonds is 7. The number of carbonyl (C=O) groups is 1. The molecule has 0 saturated heterocycles. The normalized spacial score (nSPS) is 11.3. The van der Waals surface area contributed by atoms with Crippen LogP contribution >= 0.6 is 0 Å². The number of nitrogens with zero attached hydrogens (tertiary/aromatic N) is 1. The minimum Gasteiger partial charge on any atom is -0.441 e. The van der Waals surface area contributed by atoms with Gasteiger partial charge in [0, 0.05) is 23.4 Å².